The SMILES string of the molecule is CN=C(NCc1nc(C(F)(F)F)cs1)NC1CCN(C2CCCCC2)CC1.I. The molecule has 160 valence electrons. The Morgan fingerprint density at radius 1 is 1.21 bits per heavy atom. The third-order valence-electron chi connectivity index (χ3n) is 5.43. The van der Waals surface area contributed by atoms with Crippen molar-refractivity contribution in [2.45, 2.75) is 69.8 Å². The summed E-state index contributed by atoms with van der Waals surface area (Å²) in [7, 11) is 1.68. The van der Waals surface area contributed by atoms with E-state index in [9.17, 15) is 13.2 Å². The van der Waals surface area contributed by atoms with E-state index in [1.54, 1.807) is 7.05 Å². The Morgan fingerprint density at radius 2 is 1.89 bits per heavy atom. The largest absolute Gasteiger partial charge is 0.434 e. The molecule has 2 heterocycles. The molecular formula is C18H29F3IN5S. The molecule has 0 aromatic carbocycles. The molecule has 5 nitrogen and oxygen atoms in total. The molecule has 1 saturated heterocycles. The van der Waals surface area contributed by atoms with Crippen LogP contribution in [0.2, 0.25) is 0 Å². The van der Waals surface area contributed by atoms with E-state index in [-0.39, 0.29) is 30.5 Å². The quantitative estimate of drug-likeness (QED) is 0.347. The van der Waals surface area contributed by atoms with Gasteiger partial charge < -0.3 is 15.5 Å². The van der Waals surface area contributed by atoms with Crippen molar-refractivity contribution in [3.63, 3.8) is 0 Å². The van der Waals surface area contributed by atoms with Crippen molar-refractivity contribution < 1.29 is 13.2 Å². The van der Waals surface area contributed by atoms with Gasteiger partial charge in [-0.2, -0.15) is 13.2 Å². The average Bonchev–Trinajstić information content (AvgIpc) is 3.16. The topological polar surface area (TPSA) is 52.6 Å². The van der Waals surface area contributed by atoms with Crippen LogP contribution in [-0.2, 0) is 12.7 Å². The molecule has 0 spiro atoms. The number of piperidine rings is 1. The molecule has 10 heteroatoms. The lowest BCUT2D eigenvalue weighted by Crippen LogP contribution is -2.50. The first kappa shape index (κ1) is 23.7. The summed E-state index contributed by atoms with van der Waals surface area (Å²) in [6.45, 7) is 2.43. The van der Waals surface area contributed by atoms with E-state index in [1.807, 2.05) is 0 Å². The zero-order valence-electron chi connectivity index (χ0n) is 16.1. The summed E-state index contributed by atoms with van der Waals surface area (Å²) in [5.74, 6) is 0.620. The number of aromatic nitrogens is 1. The molecule has 2 fully saturated rings. The number of alkyl halides is 3. The smallest absolute Gasteiger partial charge is 0.354 e. The number of nitrogens with one attached hydrogen (secondary N) is 2. The highest BCUT2D eigenvalue weighted by Gasteiger charge is 2.33. The first-order chi connectivity index (χ1) is 13.0. The molecule has 1 aromatic heterocycles. The Bertz CT molecular complexity index is 623. The molecule has 2 aliphatic rings. The van der Waals surface area contributed by atoms with E-state index >= 15 is 0 Å². The molecule has 0 atom stereocenters. The van der Waals surface area contributed by atoms with E-state index in [0.717, 1.165) is 48.7 Å². The van der Waals surface area contributed by atoms with Gasteiger partial charge in [-0.15, -0.1) is 35.3 Å². The van der Waals surface area contributed by atoms with Gasteiger partial charge in [-0.3, -0.25) is 4.99 Å². The maximum atomic E-state index is 12.6. The van der Waals surface area contributed by atoms with Gasteiger partial charge in [0.2, 0.25) is 0 Å². The molecule has 28 heavy (non-hydrogen) atoms. The van der Waals surface area contributed by atoms with Crippen LogP contribution in [0.5, 0.6) is 0 Å². The lowest BCUT2D eigenvalue weighted by molar-refractivity contribution is -0.140. The third-order valence-corrected chi connectivity index (χ3v) is 6.28. The minimum absolute atomic E-state index is 0. The zero-order valence-corrected chi connectivity index (χ0v) is 19.2. The molecule has 0 bridgehead atoms. The molecule has 0 amide bonds. The van der Waals surface area contributed by atoms with Crippen LogP contribution in [0, 0.1) is 0 Å². The normalized spacial score (nSPS) is 20.6. The van der Waals surface area contributed by atoms with E-state index in [1.165, 1.54) is 32.1 Å². The van der Waals surface area contributed by atoms with Gasteiger partial charge in [0.25, 0.3) is 0 Å². The van der Waals surface area contributed by atoms with E-state index in [4.69, 9.17) is 0 Å². The minimum atomic E-state index is -4.39. The lowest BCUT2D eigenvalue weighted by atomic mass is 9.92. The van der Waals surface area contributed by atoms with Crippen molar-refractivity contribution in [1.29, 1.82) is 0 Å². The molecule has 1 aliphatic carbocycles. The van der Waals surface area contributed by atoms with E-state index in [0.29, 0.717) is 17.0 Å². The second-order valence-electron chi connectivity index (χ2n) is 7.30. The van der Waals surface area contributed by atoms with Crippen molar-refractivity contribution in [2.75, 3.05) is 20.1 Å². The molecule has 2 N–H and O–H groups in total. The summed E-state index contributed by atoms with van der Waals surface area (Å²) in [4.78, 5) is 10.5. The number of hydrogen-bond acceptors (Lipinski definition) is 4. The van der Waals surface area contributed by atoms with Gasteiger partial charge in [-0.1, -0.05) is 19.3 Å². The summed E-state index contributed by atoms with van der Waals surface area (Å²) in [5.41, 5.74) is -0.831. The molecule has 1 aliphatic heterocycles. The van der Waals surface area contributed by atoms with Crippen molar-refractivity contribution >= 4 is 41.3 Å². The fraction of sp³-hybridized carbons (Fsp3) is 0.778. The van der Waals surface area contributed by atoms with Gasteiger partial charge in [0.1, 0.15) is 5.01 Å². The van der Waals surface area contributed by atoms with Gasteiger partial charge >= 0.3 is 6.18 Å². The first-order valence-electron chi connectivity index (χ1n) is 9.68. The zero-order chi connectivity index (χ0) is 19.3. The van der Waals surface area contributed by atoms with Crippen LogP contribution < -0.4 is 10.6 Å². The summed E-state index contributed by atoms with van der Waals surface area (Å²) < 4.78 is 37.9. The third kappa shape index (κ3) is 6.72. The fourth-order valence-corrected chi connectivity index (χ4v) is 4.67. The van der Waals surface area contributed by atoms with Gasteiger partial charge in [0.05, 0.1) is 6.54 Å². The Labute approximate surface area is 185 Å². The van der Waals surface area contributed by atoms with Crippen LogP contribution in [0.15, 0.2) is 10.4 Å². The van der Waals surface area contributed by atoms with Crippen molar-refractivity contribution in [1.82, 2.24) is 20.5 Å². The highest BCUT2D eigenvalue weighted by Crippen LogP contribution is 2.30. The maximum absolute atomic E-state index is 12.6. The fourth-order valence-electron chi connectivity index (χ4n) is 3.92. The van der Waals surface area contributed by atoms with Crippen LogP contribution >= 0.6 is 35.3 Å². The second-order valence-corrected chi connectivity index (χ2v) is 8.24. The highest BCUT2D eigenvalue weighted by molar-refractivity contribution is 14.0. The number of nitrogens with zero attached hydrogens (tertiary/aromatic N) is 3. The molecule has 0 radical (unpaired) electrons. The summed E-state index contributed by atoms with van der Waals surface area (Å²) in [5, 5.41) is 7.93. The predicted octanol–water partition coefficient (Wildman–Crippen LogP) is 4.24. The molecule has 1 saturated carbocycles. The summed E-state index contributed by atoms with van der Waals surface area (Å²) >= 11 is 1.01. The van der Waals surface area contributed by atoms with Crippen LogP contribution in [0.3, 0.4) is 0 Å². The molecule has 0 unspecified atom stereocenters. The number of hydrogen-bond donors (Lipinski definition) is 2. The van der Waals surface area contributed by atoms with E-state index in [2.05, 4.69) is 25.5 Å². The highest BCUT2D eigenvalue weighted by atomic mass is 127. The van der Waals surface area contributed by atoms with Crippen LogP contribution in [0.1, 0.15) is 55.6 Å². The minimum Gasteiger partial charge on any atom is -0.354 e. The van der Waals surface area contributed by atoms with Crippen LogP contribution in [0.4, 0.5) is 13.2 Å². The molecule has 3 rings (SSSR count). The Morgan fingerprint density at radius 3 is 2.46 bits per heavy atom. The number of rotatable bonds is 4. The summed E-state index contributed by atoms with van der Waals surface area (Å²) in [6.07, 6.45) is 4.48. The van der Waals surface area contributed by atoms with Crippen molar-refractivity contribution in [3.05, 3.63) is 16.1 Å². The number of likely N-dealkylation sites (tertiary alicyclic amines) is 1. The van der Waals surface area contributed by atoms with Gasteiger partial charge in [-0.25, -0.2) is 4.98 Å². The van der Waals surface area contributed by atoms with Gasteiger partial charge in [0, 0.05) is 37.6 Å². The lowest BCUT2D eigenvalue weighted by Gasteiger charge is -2.39. The number of guanidine groups is 1. The number of thiazole rings is 1. The van der Waals surface area contributed by atoms with Gasteiger partial charge in [0.15, 0.2) is 11.7 Å². The summed E-state index contributed by atoms with van der Waals surface area (Å²) in [6, 6.07) is 1.10. The first-order valence-corrected chi connectivity index (χ1v) is 10.6. The molecular weight excluding hydrogens is 502 g/mol. The Kier molecular flexibility index (Phi) is 9.26. The molecule has 1 aromatic rings. The second kappa shape index (κ2) is 11.0. The number of aliphatic imine (C=N–C) groups is 1. The maximum Gasteiger partial charge on any atom is 0.434 e. The monoisotopic (exact) mass is 531 g/mol. The van der Waals surface area contributed by atoms with Gasteiger partial charge in [-0.05, 0) is 25.7 Å². The van der Waals surface area contributed by atoms with Crippen LogP contribution in [0.25, 0.3) is 0 Å². The van der Waals surface area contributed by atoms with Crippen molar-refractivity contribution in [3.8, 4) is 0 Å². The Hall–Kier alpha value is -0.620. The number of halogens is 4. The Balaban J connectivity index is 0.00000280. The average molecular weight is 531 g/mol. The standard InChI is InChI=1S/C18H28F3N5S.HI/c1-22-17(23-11-16-25-15(12-27-16)18(19,20)21)24-13-7-9-26(10-8-13)14-5-3-2-4-6-14;/h12-14H,2-11H2,1H3,(H2,22,23,24);1H. The van der Waals surface area contributed by atoms with Crippen molar-refractivity contribution in [2.24, 2.45) is 4.99 Å². The van der Waals surface area contributed by atoms with E-state index < -0.39 is 11.9 Å². The van der Waals surface area contributed by atoms with Crippen LogP contribution in [-0.4, -0.2) is 48.1 Å². The predicted molar refractivity (Wildman–Crippen MR) is 117 cm³/mol.